The molecule has 3 atom stereocenters. The Labute approximate surface area is 123 Å². The molecule has 4 heteroatoms. The Morgan fingerprint density at radius 1 is 1.25 bits per heavy atom. The van der Waals surface area contributed by atoms with E-state index in [0.29, 0.717) is 36.9 Å². The minimum absolute atomic E-state index is 0.299. The van der Waals surface area contributed by atoms with Gasteiger partial charge in [0.15, 0.2) is 0 Å². The van der Waals surface area contributed by atoms with Crippen molar-refractivity contribution in [3.63, 3.8) is 0 Å². The number of hydrogen-bond acceptors (Lipinski definition) is 3. The van der Waals surface area contributed by atoms with Crippen LogP contribution in [0.4, 0.5) is 0 Å². The van der Waals surface area contributed by atoms with Crippen molar-refractivity contribution >= 4 is 5.91 Å². The van der Waals surface area contributed by atoms with Gasteiger partial charge in [0.1, 0.15) is 0 Å². The lowest BCUT2D eigenvalue weighted by Gasteiger charge is -2.39. The summed E-state index contributed by atoms with van der Waals surface area (Å²) in [6.07, 6.45) is 8.90. The molecule has 2 N–H and O–H groups in total. The zero-order valence-corrected chi connectivity index (χ0v) is 12.9. The van der Waals surface area contributed by atoms with Gasteiger partial charge in [-0.15, -0.1) is 0 Å². The Balaban J connectivity index is 1.86. The molecule has 1 heterocycles. The van der Waals surface area contributed by atoms with Crippen LogP contribution in [0.1, 0.15) is 58.3 Å². The lowest BCUT2D eigenvalue weighted by atomic mass is 9.83. The van der Waals surface area contributed by atoms with E-state index in [2.05, 4.69) is 11.8 Å². The van der Waals surface area contributed by atoms with Crippen molar-refractivity contribution in [3.8, 4) is 0 Å². The van der Waals surface area contributed by atoms with Crippen molar-refractivity contribution < 1.29 is 9.53 Å². The molecule has 1 saturated heterocycles. The van der Waals surface area contributed by atoms with Gasteiger partial charge in [-0.2, -0.15) is 0 Å². The molecule has 116 valence electrons. The van der Waals surface area contributed by atoms with Gasteiger partial charge in [-0.3, -0.25) is 4.79 Å². The first-order valence-corrected chi connectivity index (χ1v) is 8.37. The van der Waals surface area contributed by atoms with E-state index < -0.39 is 0 Å². The molecule has 20 heavy (non-hydrogen) atoms. The summed E-state index contributed by atoms with van der Waals surface area (Å²) in [5.74, 6) is 0.795. The van der Waals surface area contributed by atoms with Crippen LogP contribution in [0.2, 0.25) is 0 Å². The van der Waals surface area contributed by atoms with E-state index in [1.165, 1.54) is 19.3 Å². The van der Waals surface area contributed by atoms with E-state index in [9.17, 15) is 4.79 Å². The number of hydrogen-bond donors (Lipinski definition) is 1. The maximum atomic E-state index is 12.5. The van der Waals surface area contributed by atoms with Gasteiger partial charge >= 0.3 is 0 Å². The molecule has 2 aliphatic rings. The number of carbonyl (C=O) groups excluding carboxylic acids is 1. The third kappa shape index (κ3) is 3.95. The lowest BCUT2D eigenvalue weighted by Crippen LogP contribution is -2.48. The first kappa shape index (κ1) is 15.8. The fourth-order valence-electron chi connectivity index (χ4n) is 3.77. The molecule has 1 amide bonds. The van der Waals surface area contributed by atoms with Gasteiger partial charge in [0.2, 0.25) is 5.91 Å². The summed E-state index contributed by atoms with van der Waals surface area (Å²) in [5.41, 5.74) is 5.90. The lowest BCUT2D eigenvalue weighted by molar-refractivity contribution is -0.135. The van der Waals surface area contributed by atoms with E-state index in [-0.39, 0.29) is 0 Å². The number of carbonyl (C=O) groups is 1. The average molecular weight is 282 g/mol. The quantitative estimate of drug-likeness (QED) is 0.813. The van der Waals surface area contributed by atoms with Gasteiger partial charge in [-0.05, 0) is 51.5 Å². The van der Waals surface area contributed by atoms with Crippen LogP contribution in [0.25, 0.3) is 0 Å². The standard InChI is InChI=1S/C16H30N2O2/c1-2-18(15-8-4-3-6-13(15)12-17)16(19)10-9-14-7-5-11-20-14/h13-15H,2-12,17H2,1H3. The van der Waals surface area contributed by atoms with Gasteiger partial charge in [-0.25, -0.2) is 0 Å². The molecule has 1 saturated carbocycles. The van der Waals surface area contributed by atoms with E-state index in [1.54, 1.807) is 0 Å². The highest BCUT2D eigenvalue weighted by molar-refractivity contribution is 5.76. The van der Waals surface area contributed by atoms with E-state index in [4.69, 9.17) is 10.5 Å². The van der Waals surface area contributed by atoms with Crippen molar-refractivity contribution in [2.75, 3.05) is 19.7 Å². The van der Waals surface area contributed by atoms with Crippen LogP contribution in [0.15, 0.2) is 0 Å². The van der Waals surface area contributed by atoms with Crippen LogP contribution in [-0.2, 0) is 9.53 Å². The van der Waals surface area contributed by atoms with Gasteiger partial charge in [0.05, 0.1) is 6.10 Å². The summed E-state index contributed by atoms with van der Waals surface area (Å²) >= 11 is 0. The van der Waals surface area contributed by atoms with Crippen molar-refractivity contribution in [1.29, 1.82) is 0 Å². The molecular weight excluding hydrogens is 252 g/mol. The molecular formula is C16H30N2O2. The Hall–Kier alpha value is -0.610. The summed E-state index contributed by atoms with van der Waals surface area (Å²) in [7, 11) is 0. The highest BCUT2D eigenvalue weighted by atomic mass is 16.5. The minimum Gasteiger partial charge on any atom is -0.378 e. The third-order valence-electron chi connectivity index (χ3n) is 4.94. The molecule has 3 unspecified atom stereocenters. The Morgan fingerprint density at radius 2 is 2.05 bits per heavy atom. The zero-order chi connectivity index (χ0) is 14.4. The van der Waals surface area contributed by atoms with Crippen molar-refractivity contribution in [1.82, 2.24) is 4.90 Å². The fraction of sp³-hybridized carbons (Fsp3) is 0.938. The smallest absolute Gasteiger partial charge is 0.222 e. The number of nitrogens with zero attached hydrogens (tertiary/aromatic N) is 1. The highest BCUT2D eigenvalue weighted by Crippen LogP contribution is 2.28. The number of ether oxygens (including phenoxy) is 1. The molecule has 2 fully saturated rings. The second-order valence-corrected chi connectivity index (χ2v) is 6.20. The van der Waals surface area contributed by atoms with Crippen LogP contribution in [-0.4, -0.2) is 42.6 Å². The maximum absolute atomic E-state index is 12.5. The van der Waals surface area contributed by atoms with Gasteiger partial charge in [0, 0.05) is 25.6 Å². The minimum atomic E-state index is 0.299. The van der Waals surface area contributed by atoms with Crippen LogP contribution >= 0.6 is 0 Å². The summed E-state index contributed by atoms with van der Waals surface area (Å²) in [6.45, 7) is 4.48. The molecule has 0 aromatic rings. The summed E-state index contributed by atoms with van der Waals surface area (Å²) in [6, 6.07) is 0.371. The molecule has 0 bridgehead atoms. The highest BCUT2D eigenvalue weighted by Gasteiger charge is 2.31. The molecule has 1 aliphatic heterocycles. The van der Waals surface area contributed by atoms with E-state index in [0.717, 1.165) is 38.8 Å². The molecule has 0 spiro atoms. The second kappa shape index (κ2) is 7.99. The van der Waals surface area contributed by atoms with Gasteiger partial charge in [-0.1, -0.05) is 12.8 Å². The van der Waals surface area contributed by atoms with E-state index in [1.807, 2.05) is 0 Å². The summed E-state index contributed by atoms with van der Waals surface area (Å²) in [4.78, 5) is 14.6. The number of nitrogens with two attached hydrogens (primary N) is 1. The normalized spacial score (nSPS) is 30.4. The van der Waals surface area contributed by atoms with E-state index >= 15 is 0 Å². The Morgan fingerprint density at radius 3 is 2.70 bits per heavy atom. The van der Waals surface area contributed by atoms with Crippen LogP contribution in [0, 0.1) is 5.92 Å². The molecule has 1 aliphatic carbocycles. The number of amides is 1. The summed E-state index contributed by atoms with van der Waals surface area (Å²) < 4.78 is 5.61. The van der Waals surface area contributed by atoms with Crippen molar-refractivity contribution in [2.45, 2.75) is 70.4 Å². The molecule has 0 radical (unpaired) electrons. The predicted octanol–water partition coefficient (Wildman–Crippen LogP) is 2.31. The van der Waals surface area contributed by atoms with Crippen LogP contribution in [0.3, 0.4) is 0 Å². The third-order valence-corrected chi connectivity index (χ3v) is 4.94. The number of rotatable bonds is 6. The molecule has 4 nitrogen and oxygen atoms in total. The monoisotopic (exact) mass is 282 g/mol. The Kier molecular flexibility index (Phi) is 6.30. The van der Waals surface area contributed by atoms with Crippen molar-refractivity contribution in [3.05, 3.63) is 0 Å². The van der Waals surface area contributed by atoms with Crippen molar-refractivity contribution in [2.24, 2.45) is 11.7 Å². The molecule has 2 rings (SSSR count). The van der Waals surface area contributed by atoms with Gasteiger partial charge in [0.25, 0.3) is 0 Å². The maximum Gasteiger partial charge on any atom is 0.222 e. The van der Waals surface area contributed by atoms with Crippen LogP contribution < -0.4 is 5.73 Å². The Bertz CT molecular complexity index is 303. The fourth-order valence-corrected chi connectivity index (χ4v) is 3.77. The van der Waals surface area contributed by atoms with Crippen LogP contribution in [0.5, 0.6) is 0 Å². The SMILES string of the molecule is CCN(C(=O)CCC1CCCO1)C1CCCCC1CN. The molecule has 0 aromatic heterocycles. The van der Waals surface area contributed by atoms with Gasteiger partial charge < -0.3 is 15.4 Å². The average Bonchev–Trinajstić information content (AvgIpc) is 3.00. The molecule has 0 aromatic carbocycles. The topological polar surface area (TPSA) is 55.6 Å². The first-order valence-electron chi connectivity index (χ1n) is 8.37. The second-order valence-electron chi connectivity index (χ2n) is 6.20. The predicted molar refractivity (Wildman–Crippen MR) is 80.4 cm³/mol. The first-order chi connectivity index (χ1) is 9.76. The largest absolute Gasteiger partial charge is 0.378 e. The zero-order valence-electron chi connectivity index (χ0n) is 12.9. The summed E-state index contributed by atoms with van der Waals surface area (Å²) in [5, 5.41) is 0.